The summed E-state index contributed by atoms with van der Waals surface area (Å²) in [5.74, 6) is -0.390. The Hall–Kier alpha value is -2.35. The van der Waals surface area contributed by atoms with Gasteiger partial charge in [-0.15, -0.1) is 0 Å². The molecule has 0 aromatic heterocycles. The van der Waals surface area contributed by atoms with E-state index in [4.69, 9.17) is 11.6 Å². The molecule has 3 rings (SSSR count). The number of anilines is 2. The molecule has 0 spiro atoms. The molecule has 0 aliphatic heterocycles. The maximum atomic E-state index is 12.4. The number of hydrogen-bond acceptors (Lipinski definition) is 3. The lowest BCUT2D eigenvalue weighted by atomic mass is 10.2. The first-order valence-electron chi connectivity index (χ1n) is 7.79. The predicted molar refractivity (Wildman–Crippen MR) is 111 cm³/mol. The van der Waals surface area contributed by atoms with E-state index >= 15 is 0 Å². The smallest absolute Gasteiger partial charge is 0.261 e. The van der Waals surface area contributed by atoms with Crippen molar-refractivity contribution in [3.63, 3.8) is 0 Å². The van der Waals surface area contributed by atoms with Crippen LogP contribution in [0.2, 0.25) is 5.02 Å². The Kier molecular flexibility index (Phi) is 5.84. The molecule has 0 bridgehead atoms. The normalized spacial score (nSPS) is 11.0. The van der Waals surface area contributed by atoms with Gasteiger partial charge in [0.25, 0.3) is 15.9 Å². The fraction of sp³-hybridized carbons (Fsp3) is 0. The van der Waals surface area contributed by atoms with Crippen LogP contribution in [0.3, 0.4) is 0 Å². The number of rotatable bonds is 5. The highest BCUT2D eigenvalue weighted by Crippen LogP contribution is 2.23. The minimum atomic E-state index is -3.71. The first-order chi connectivity index (χ1) is 12.8. The van der Waals surface area contributed by atoms with E-state index in [1.54, 1.807) is 48.5 Å². The van der Waals surface area contributed by atoms with Crippen LogP contribution >= 0.6 is 27.5 Å². The molecule has 0 saturated heterocycles. The minimum Gasteiger partial charge on any atom is -0.322 e. The number of carbonyl (C=O) groups excluding carboxylic acids is 1. The highest BCUT2D eigenvalue weighted by molar-refractivity contribution is 9.10. The largest absolute Gasteiger partial charge is 0.322 e. The van der Waals surface area contributed by atoms with E-state index < -0.39 is 10.0 Å². The van der Waals surface area contributed by atoms with Crippen molar-refractivity contribution in [3.8, 4) is 0 Å². The van der Waals surface area contributed by atoms with Gasteiger partial charge in [0.2, 0.25) is 0 Å². The molecule has 0 unspecified atom stereocenters. The van der Waals surface area contributed by atoms with E-state index in [1.807, 2.05) is 0 Å². The summed E-state index contributed by atoms with van der Waals surface area (Å²) in [5.41, 5.74) is 1.24. The van der Waals surface area contributed by atoms with E-state index in [0.29, 0.717) is 22.0 Å². The molecule has 3 aromatic rings. The second-order valence-corrected chi connectivity index (χ2v) is 8.58. The molecule has 2 N–H and O–H groups in total. The fourth-order valence-electron chi connectivity index (χ4n) is 2.31. The molecule has 5 nitrogen and oxygen atoms in total. The van der Waals surface area contributed by atoms with Gasteiger partial charge in [-0.2, -0.15) is 0 Å². The molecule has 138 valence electrons. The van der Waals surface area contributed by atoms with Gasteiger partial charge in [0, 0.05) is 15.8 Å². The van der Waals surface area contributed by atoms with Crippen molar-refractivity contribution in [2.24, 2.45) is 0 Å². The van der Waals surface area contributed by atoms with Gasteiger partial charge in [-0.25, -0.2) is 8.42 Å². The first-order valence-corrected chi connectivity index (χ1v) is 10.4. The van der Waals surface area contributed by atoms with Gasteiger partial charge in [-0.1, -0.05) is 45.7 Å². The number of halogens is 2. The van der Waals surface area contributed by atoms with Gasteiger partial charge in [-0.05, 0) is 54.6 Å². The van der Waals surface area contributed by atoms with Gasteiger partial charge in [0.1, 0.15) is 0 Å². The van der Waals surface area contributed by atoms with Gasteiger partial charge in [-0.3, -0.25) is 9.52 Å². The molecule has 0 fully saturated rings. The molecule has 0 heterocycles. The van der Waals surface area contributed by atoms with E-state index in [1.165, 1.54) is 24.3 Å². The second kappa shape index (κ2) is 8.12. The summed E-state index contributed by atoms with van der Waals surface area (Å²) in [6.07, 6.45) is 0. The van der Waals surface area contributed by atoms with Crippen LogP contribution in [-0.2, 0) is 10.0 Å². The lowest BCUT2D eigenvalue weighted by molar-refractivity contribution is 0.102. The summed E-state index contributed by atoms with van der Waals surface area (Å²) >= 11 is 9.35. The predicted octanol–water partition coefficient (Wildman–Crippen LogP) is 5.16. The standard InChI is InChI=1S/C19H14BrClN2O3S/c20-13-6-11-18(21)17(12-13)19(24)22-14-7-9-16(10-8-14)27(25,26)23-15-4-2-1-3-5-15/h1-12,23H,(H,22,24). The summed E-state index contributed by atoms with van der Waals surface area (Å²) in [4.78, 5) is 12.5. The van der Waals surface area contributed by atoms with Crippen molar-refractivity contribution >= 4 is 54.8 Å². The zero-order valence-electron chi connectivity index (χ0n) is 13.8. The van der Waals surface area contributed by atoms with Crippen LogP contribution in [0.25, 0.3) is 0 Å². The minimum absolute atomic E-state index is 0.0878. The van der Waals surface area contributed by atoms with Crippen LogP contribution in [0.5, 0.6) is 0 Å². The quantitative estimate of drug-likeness (QED) is 0.547. The van der Waals surface area contributed by atoms with Crippen LogP contribution in [0.4, 0.5) is 11.4 Å². The molecule has 0 radical (unpaired) electrons. The molecular weight excluding hydrogens is 452 g/mol. The fourth-order valence-corrected chi connectivity index (χ4v) is 3.93. The average Bonchev–Trinajstić information content (AvgIpc) is 2.64. The molecular formula is C19H14BrClN2O3S. The van der Waals surface area contributed by atoms with Gasteiger partial charge in [0.05, 0.1) is 15.5 Å². The topological polar surface area (TPSA) is 75.3 Å². The third-order valence-electron chi connectivity index (χ3n) is 3.62. The molecule has 0 aliphatic rings. The Morgan fingerprint density at radius 3 is 2.22 bits per heavy atom. The average molecular weight is 466 g/mol. The van der Waals surface area contributed by atoms with Crippen molar-refractivity contribution in [2.75, 3.05) is 10.0 Å². The van der Waals surface area contributed by atoms with Crippen LogP contribution < -0.4 is 10.0 Å². The molecule has 0 aliphatic carbocycles. The number of carbonyl (C=O) groups is 1. The van der Waals surface area contributed by atoms with E-state index in [0.717, 1.165) is 4.47 Å². The Labute approximate surface area is 170 Å². The second-order valence-electron chi connectivity index (χ2n) is 5.57. The Morgan fingerprint density at radius 1 is 0.889 bits per heavy atom. The van der Waals surface area contributed by atoms with Gasteiger partial charge in [0.15, 0.2) is 0 Å². The zero-order valence-corrected chi connectivity index (χ0v) is 17.0. The summed E-state index contributed by atoms with van der Waals surface area (Å²) in [6, 6.07) is 19.4. The van der Waals surface area contributed by atoms with Crippen molar-refractivity contribution in [3.05, 3.63) is 87.9 Å². The van der Waals surface area contributed by atoms with Crippen LogP contribution in [0.15, 0.2) is 82.2 Å². The maximum Gasteiger partial charge on any atom is 0.261 e. The van der Waals surface area contributed by atoms with Crippen molar-refractivity contribution in [2.45, 2.75) is 4.90 Å². The SMILES string of the molecule is O=C(Nc1ccc(S(=O)(=O)Nc2ccccc2)cc1)c1cc(Br)ccc1Cl. The third kappa shape index (κ3) is 4.88. The van der Waals surface area contributed by atoms with Crippen molar-refractivity contribution < 1.29 is 13.2 Å². The van der Waals surface area contributed by atoms with E-state index in [-0.39, 0.29) is 10.8 Å². The summed E-state index contributed by atoms with van der Waals surface area (Å²) in [7, 11) is -3.71. The van der Waals surface area contributed by atoms with Crippen molar-refractivity contribution in [1.82, 2.24) is 0 Å². The maximum absolute atomic E-state index is 12.4. The first kappa shape index (κ1) is 19.4. The third-order valence-corrected chi connectivity index (χ3v) is 5.84. The van der Waals surface area contributed by atoms with Gasteiger partial charge >= 0.3 is 0 Å². The number of benzene rings is 3. The highest BCUT2D eigenvalue weighted by atomic mass is 79.9. The summed E-state index contributed by atoms with van der Waals surface area (Å²) in [5, 5.41) is 3.02. The molecule has 8 heteroatoms. The van der Waals surface area contributed by atoms with Crippen LogP contribution in [0.1, 0.15) is 10.4 Å². The Morgan fingerprint density at radius 2 is 1.56 bits per heavy atom. The zero-order chi connectivity index (χ0) is 19.4. The summed E-state index contributed by atoms with van der Waals surface area (Å²) in [6.45, 7) is 0. The highest BCUT2D eigenvalue weighted by Gasteiger charge is 2.15. The lowest BCUT2D eigenvalue weighted by Gasteiger charge is -2.10. The number of amides is 1. The number of nitrogens with one attached hydrogen (secondary N) is 2. The van der Waals surface area contributed by atoms with Gasteiger partial charge < -0.3 is 5.32 Å². The molecule has 1 amide bonds. The molecule has 3 aromatic carbocycles. The Balaban J connectivity index is 1.75. The monoisotopic (exact) mass is 464 g/mol. The van der Waals surface area contributed by atoms with Crippen molar-refractivity contribution in [1.29, 1.82) is 0 Å². The van der Waals surface area contributed by atoms with Crippen LogP contribution in [0, 0.1) is 0 Å². The Bertz CT molecular complexity index is 1070. The molecule has 27 heavy (non-hydrogen) atoms. The number of hydrogen-bond donors (Lipinski definition) is 2. The lowest BCUT2D eigenvalue weighted by Crippen LogP contribution is -2.14. The van der Waals surface area contributed by atoms with E-state index in [9.17, 15) is 13.2 Å². The summed E-state index contributed by atoms with van der Waals surface area (Å²) < 4.78 is 28.1. The van der Waals surface area contributed by atoms with Crippen LogP contribution in [-0.4, -0.2) is 14.3 Å². The number of para-hydroxylation sites is 1. The molecule has 0 saturated carbocycles. The molecule has 0 atom stereocenters. The number of sulfonamides is 1. The van der Waals surface area contributed by atoms with E-state index in [2.05, 4.69) is 26.0 Å².